The lowest BCUT2D eigenvalue weighted by Gasteiger charge is -2.35. The highest BCUT2D eigenvalue weighted by Gasteiger charge is 2.30. The van der Waals surface area contributed by atoms with E-state index >= 15 is 0 Å². The summed E-state index contributed by atoms with van der Waals surface area (Å²) in [6.07, 6.45) is 0.0320. The van der Waals surface area contributed by atoms with E-state index in [2.05, 4.69) is 28.2 Å². The lowest BCUT2D eigenvalue weighted by atomic mass is 9.95. The van der Waals surface area contributed by atoms with Gasteiger partial charge in [0, 0.05) is 23.8 Å². The number of hydrogen-bond donors (Lipinski definition) is 2. The molecular weight excluding hydrogens is 268 g/mol. The molecule has 2 unspecified atom stereocenters. The molecule has 0 spiro atoms. The molecule has 1 aromatic carbocycles. The molecule has 90 valence electrons. The van der Waals surface area contributed by atoms with Crippen molar-refractivity contribution in [3.8, 4) is 0 Å². The van der Waals surface area contributed by atoms with Crippen molar-refractivity contribution < 1.29 is 4.74 Å². The van der Waals surface area contributed by atoms with Crippen LogP contribution in [0.4, 0.5) is 5.69 Å². The Hall–Kier alpha value is -0.580. The summed E-state index contributed by atoms with van der Waals surface area (Å²) in [6.45, 7) is 4.57. The molecule has 0 radical (unpaired) electrons. The van der Waals surface area contributed by atoms with Crippen LogP contribution in [0, 0.1) is 0 Å². The Kier molecular flexibility index (Phi) is 4.77. The van der Waals surface area contributed by atoms with Crippen LogP contribution in [0.15, 0.2) is 28.7 Å². The number of rotatable bonds is 5. The molecule has 0 heterocycles. The SMILES string of the molecule is COC(C)C(C)(CN)Nc1ccccc1Br. The van der Waals surface area contributed by atoms with E-state index in [0.29, 0.717) is 6.54 Å². The fourth-order valence-corrected chi connectivity index (χ4v) is 1.83. The molecule has 0 amide bonds. The number of nitrogens with two attached hydrogens (primary N) is 1. The summed E-state index contributed by atoms with van der Waals surface area (Å²) in [5.74, 6) is 0. The van der Waals surface area contributed by atoms with Crippen LogP contribution < -0.4 is 11.1 Å². The fraction of sp³-hybridized carbons (Fsp3) is 0.500. The molecule has 3 nitrogen and oxygen atoms in total. The topological polar surface area (TPSA) is 47.3 Å². The van der Waals surface area contributed by atoms with Gasteiger partial charge in [-0.25, -0.2) is 0 Å². The monoisotopic (exact) mass is 286 g/mol. The molecule has 1 rings (SSSR count). The Morgan fingerprint density at radius 1 is 1.50 bits per heavy atom. The summed E-state index contributed by atoms with van der Waals surface area (Å²) >= 11 is 3.51. The van der Waals surface area contributed by atoms with Crippen LogP contribution in [-0.4, -0.2) is 25.3 Å². The Morgan fingerprint density at radius 2 is 2.12 bits per heavy atom. The highest BCUT2D eigenvalue weighted by molar-refractivity contribution is 9.10. The predicted octanol–water partition coefficient (Wildman–Crippen LogP) is 2.61. The molecule has 0 aliphatic rings. The first-order chi connectivity index (χ1) is 7.53. The number of nitrogens with one attached hydrogen (secondary N) is 1. The highest BCUT2D eigenvalue weighted by atomic mass is 79.9. The van der Waals surface area contributed by atoms with Gasteiger partial charge in [-0.15, -0.1) is 0 Å². The zero-order valence-corrected chi connectivity index (χ0v) is 11.5. The second-order valence-corrected chi connectivity index (χ2v) is 4.96. The third-order valence-corrected chi connectivity index (χ3v) is 3.66. The number of hydrogen-bond acceptors (Lipinski definition) is 3. The van der Waals surface area contributed by atoms with Gasteiger partial charge in [-0.3, -0.25) is 0 Å². The van der Waals surface area contributed by atoms with E-state index in [4.69, 9.17) is 10.5 Å². The van der Waals surface area contributed by atoms with Crippen LogP contribution in [0.3, 0.4) is 0 Å². The third-order valence-electron chi connectivity index (χ3n) is 2.97. The lowest BCUT2D eigenvalue weighted by molar-refractivity contribution is 0.0688. The standard InChI is InChI=1S/C12H19BrN2O/c1-9(16-3)12(2,8-14)15-11-7-5-4-6-10(11)13/h4-7,9,15H,8,14H2,1-3H3. The third kappa shape index (κ3) is 2.97. The second-order valence-electron chi connectivity index (χ2n) is 4.10. The Morgan fingerprint density at radius 3 is 2.62 bits per heavy atom. The van der Waals surface area contributed by atoms with Crippen molar-refractivity contribution in [2.24, 2.45) is 5.73 Å². The van der Waals surface area contributed by atoms with Crippen molar-refractivity contribution in [3.63, 3.8) is 0 Å². The summed E-state index contributed by atoms with van der Waals surface area (Å²) in [4.78, 5) is 0. The van der Waals surface area contributed by atoms with Crippen LogP contribution in [0.5, 0.6) is 0 Å². The van der Waals surface area contributed by atoms with Gasteiger partial charge in [0.15, 0.2) is 0 Å². The van der Waals surface area contributed by atoms with E-state index < -0.39 is 0 Å². The molecule has 1 aromatic rings. The summed E-state index contributed by atoms with van der Waals surface area (Å²) in [5, 5.41) is 3.43. The Labute approximate surface area is 105 Å². The van der Waals surface area contributed by atoms with E-state index in [-0.39, 0.29) is 11.6 Å². The normalized spacial score (nSPS) is 16.6. The molecule has 4 heteroatoms. The number of anilines is 1. The van der Waals surface area contributed by atoms with Gasteiger partial charge in [0.1, 0.15) is 0 Å². The first-order valence-corrected chi connectivity index (χ1v) is 6.08. The summed E-state index contributed by atoms with van der Waals surface area (Å²) in [6, 6.07) is 7.98. The van der Waals surface area contributed by atoms with Crippen molar-refractivity contribution in [1.29, 1.82) is 0 Å². The number of halogens is 1. The molecule has 0 saturated carbocycles. The maximum Gasteiger partial charge on any atom is 0.0782 e. The molecule has 16 heavy (non-hydrogen) atoms. The minimum atomic E-state index is -0.279. The largest absolute Gasteiger partial charge is 0.379 e. The average molecular weight is 287 g/mol. The summed E-state index contributed by atoms with van der Waals surface area (Å²) in [7, 11) is 1.69. The molecule has 0 aromatic heterocycles. The van der Waals surface area contributed by atoms with Crippen molar-refractivity contribution in [2.45, 2.75) is 25.5 Å². The van der Waals surface area contributed by atoms with Gasteiger partial charge in [-0.2, -0.15) is 0 Å². The number of benzene rings is 1. The van der Waals surface area contributed by atoms with Gasteiger partial charge >= 0.3 is 0 Å². The number of methoxy groups -OCH3 is 1. The van der Waals surface area contributed by atoms with Crippen molar-refractivity contribution >= 4 is 21.6 Å². The van der Waals surface area contributed by atoms with Gasteiger partial charge in [-0.05, 0) is 41.9 Å². The van der Waals surface area contributed by atoms with E-state index in [0.717, 1.165) is 10.2 Å². The number of ether oxygens (including phenoxy) is 1. The fourth-order valence-electron chi connectivity index (χ4n) is 1.45. The van der Waals surface area contributed by atoms with Crippen molar-refractivity contribution in [1.82, 2.24) is 0 Å². The minimum Gasteiger partial charge on any atom is -0.379 e. The lowest BCUT2D eigenvalue weighted by Crippen LogP contribution is -2.52. The molecule has 0 saturated heterocycles. The van der Waals surface area contributed by atoms with E-state index in [9.17, 15) is 0 Å². The quantitative estimate of drug-likeness (QED) is 0.875. The van der Waals surface area contributed by atoms with Gasteiger partial charge in [-0.1, -0.05) is 12.1 Å². The molecule has 0 aliphatic heterocycles. The molecule has 0 fully saturated rings. The minimum absolute atomic E-state index is 0.0320. The molecule has 3 N–H and O–H groups in total. The van der Waals surface area contributed by atoms with Crippen molar-refractivity contribution in [2.75, 3.05) is 19.0 Å². The Bertz CT molecular complexity index is 346. The van der Waals surface area contributed by atoms with E-state index in [1.165, 1.54) is 0 Å². The molecule has 0 aliphatic carbocycles. The van der Waals surface area contributed by atoms with Crippen LogP contribution in [0.1, 0.15) is 13.8 Å². The highest BCUT2D eigenvalue weighted by Crippen LogP contribution is 2.26. The summed E-state index contributed by atoms with van der Waals surface area (Å²) in [5.41, 5.74) is 6.57. The van der Waals surface area contributed by atoms with Gasteiger partial charge in [0.05, 0.1) is 11.6 Å². The van der Waals surface area contributed by atoms with Crippen LogP contribution >= 0.6 is 15.9 Å². The van der Waals surface area contributed by atoms with E-state index in [1.807, 2.05) is 31.2 Å². The van der Waals surface area contributed by atoms with Crippen molar-refractivity contribution in [3.05, 3.63) is 28.7 Å². The number of para-hydroxylation sites is 1. The van der Waals surface area contributed by atoms with Gasteiger partial charge in [0.25, 0.3) is 0 Å². The second kappa shape index (κ2) is 5.66. The smallest absolute Gasteiger partial charge is 0.0782 e. The zero-order chi connectivity index (χ0) is 12.2. The maximum atomic E-state index is 5.82. The van der Waals surface area contributed by atoms with Gasteiger partial charge < -0.3 is 15.8 Å². The first kappa shape index (κ1) is 13.5. The summed E-state index contributed by atoms with van der Waals surface area (Å²) < 4.78 is 6.39. The maximum absolute atomic E-state index is 5.82. The molecular formula is C12H19BrN2O. The van der Waals surface area contributed by atoms with Crippen LogP contribution in [0.25, 0.3) is 0 Å². The zero-order valence-electron chi connectivity index (χ0n) is 9.96. The van der Waals surface area contributed by atoms with Crippen LogP contribution in [0.2, 0.25) is 0 Å². The first-order valence-electron chi connectivity index (χ1n) is 5.29. The van der Waals surface area contributed by atoms with E-state index in [1.54, 1.807) is 7.11 Å². The average Bonchev–Trinajstić information content (AvgIpc) is 2.31. The van der Waals surface area contributed by atoms with Gasteiger partial charge in [0.2, 0.25) is 0 Å². The molecule has 2 atom stereocenters. The molecule has 0 bridgehead atoms. The predicted molar refractivity (Wildman–Crippen MR) is 71.7 cm³/mol. The van der Waals surface area contributed by atoms with Crippen LogP contribution in [-0.2, 0) is 4.74 Å². The Balaban J connectivity index is 2.89.